The van der Waals surface area contributed by atoms with E-state index in [1.807, 2.05) is 12.1 Å². The normalized spacial score (nSPS) is 12.6. The lowest BCUT2D eigenvalue weighted by molar-refractivity contribution is -0.130. The van der Waals surface area contributed by atoms with Gasteiger partial charge >= 0.3 is 0 Å². The molecule has 27 heavy (non-hydrogen) atoms. The first kappa shape index (κ1) is 19.4. The number of fused-ring (bicyclic) bond motifs is 1. The Kier molecular flexibility index (Phi) is 6.17. The van der Waals surface area contributed by atoms with E-state index in [1.165, 1.54) is 11.1 Å². The number of nitrogens with zero attached hydrogens (tertiary/aromatic N) is 1. The Morgan fingerprint density at radius 3 is 2.63 bits per heavy atom. The monoisotopic (exact) mass is 385 g/mol. The van der Waals surface area contributed by atoms with E-state index in [0.29, 0.717) is 22.9 Å². The molecule has 1 aliphatic carbocycles. The molecule has 4 nitrogen and oxygen atoms in total. The number of halogens is 1. The number of carbonyl (C=O) groups is 2. The molecular weight excluding hydrogens is 362 g/mol. The zero-order valence-corrected chi connectivity index (χ0v) is 16.5. The van der Waals surface area contributed by atoms with Crippen molar-refractivity contribution >= 4 is 23.3 Å². The van der Waals surface area contributed by atoms with Crippen molar-refractivity contribution < 1.29 is 14.3 Å². The molecule has 0 bridgehead atoms. The van der Waals surface area contributed by atoms with Gasteiger partial charge in [-0.05, 0) is 54.7 Å². The van der Waals surface area contributed by atoms with Gasteiger partial charge in [-0.2, -0.15) is 0 Å². The third kappa shape index (κ3) is 4.69. The van der Waals surface area contributed by atoms with Crippen LogP contribution >= 0.6 is 11.6 Å². The third-order valence-electron chi connectivity index (χ3n) is 5.06. The largest absolute Gasteiger partial charge is 0.496 e. The standard InChI is InChI=1S/C22H24ClNO3/c1-24(14-18-13-19(23)8-10-21(18)27-2)22(26)11-9-20(25)17-7-6-15-4-3-5-16(15)12-17/h6-8,10,12-13H,3-5,9,11,14H2,1-2H3. The van der Waals surface area contributed by atoms with Crippen molar-refractivity contribution in [1.29, 1.82) is 0 Å². The summed E-state index contributed by atoms with van der Waals surface area (Å²) in [6, 6.07) is 11.3. The minimum Gasteiger partial charge on any atom is -0.496 e. The predicted octanol–water partition coefficient (Wildman–Crippen LogP) is 4.46. The average Bonchev–Trinajstić information content (AvgIpc) is 3.13. The number of rotatable bonds is 7. The molecule has 0 aromatic heterocycles. The topological polar surface area (TPSA) is 46.6 Å². The molecule has 0 radical (unpaired) electrons. The highest BCUT2D eigenvalue weighted by Crippen LogP contribution is 2.25. The summed E-state index contributed by atoms with van der Waals surface area (Å²) in [6.45, 7) is 0.385. The number of hydrogen-bond donors (Lipinski definition) is 0. The molecule has 1 amide bonds. The van der Waals surface area contributed by atoms with Crippen LogP contribution in [0.15, 0.2) is 36.4 Å². The zero-order valence-electron chi connectivity index (χ0n) is 15.8. The van der Waals surface area contributed by atoms with E-state index in [4.69, 9.17) is 16.3 Å². The lowest BCUT2D eigenvalue weighted by atomic mass is 10.0. The Balaban J connectivity index is 1.57. The smallest absolute Gasteiger partial charge is 0.223 e. The Morgan fingerprint density at radius 2 is 1.85 bits per heavy atom. The van der Waals surface area contributed by atoms with Gasteiger partial charge in [-0.1, -0.05) is 23.7 Å². The summed E-state index contributed by atoms with van der Waals surface area (Å²) in [6.07, 6.45) is 3.70. The van der Waals surface area contributed by atoms with Crippen LogP contribution in [0.25, 0.3) is 0 Å². The molecule has 0 atom stereocenters. The molecule has 0 saturated heterocycles. The minimum absolute atomic E-state index is 0.0202. The number of amides is 1. The number of Topliss-reactive ketones (excluding diaryl/α,β-unsaturated/α-hetero) is 1. The van der Waals surface area contributed by atoms with E-state index >= 15 is 0 Å². The zero-order chi connectivity index (χ0) is 19.4. The van der Waals surface area contributed by atoms with Crippen LogP contribution in [-0.2, 0) is 24.2 Å². The third-order valence-corrected chi connectivity index (χ3v) is 5.30. The van der Waals surface area contributed by atoms with Crippen LogP contribution in [0.2, 0.25) is 5.02 Å². The molecule has 0 spiro atoms. The molecule has 5 heteroatoms. The van der Waals surface area contributed by atoms with Crippen molar-refractivity contribution in [2.24, 2.45) is 0 Å². The molecule has 0 saturated carbocycles. The predicted molar refractivity (Wildman–Crippen MR) is 107 cm³/mol. The van der Waals surface area contributed by atoms with Crippen LogP contribution in [0.4, 0.5) is 0 Å². The van der Waals surface area contributed by atoms with Crippen molar-refractivity contribution in [1.82, 2.24) is 4.90 Å². The molecule has 142 valence electrons. The van der Waals surface area contributed by atoms with Crippen LogP contribution in [0.1, 0.15) is 46.3 Å². The Bertz CT molecular complexity index is 863. The summed E-state index contributed by atoms with van der Waals surface area (Å²) in [5.74, 6) is 0.631. The van der Waals surface area contributed by atoms with Gasteiger partial charge in [0.2, 0.25) is 5.91 Å². The summed E-state index contributed by atoms with van der Waals surface area (Å²) in [7, 11) is 3.31. The van der Waals surface area contributed by atoms with Gasteiger partial charge in [0.15, 0.2) is 5.78 Å². The SMILES string of the molecule is COc1ccc(Cl)cc1CN(C)C(=O)CCC(=O)c1ccc2c(c1)CCC2. The van der Waals surface area contributed by atoms with E-state index in [2.05, 4.69) is 6.07 Å². The molecule has 0 aliphatic heterocycles. The van der Waals surface area contributed by atoms with Gasteiger partial charge < -0.3 is 9.64 Å². The molecule has 3 rings (SSSR count). The lowest BCUT2D eigenvalue weighted by Gasteiger charge is -2.19. The van der Waals surface area contributed by atoms with Gasteiger partial charge in [-0.3, -0.25) is 9.59 Å². The number of aryl methyl sites for hydroxylation is 2. The molecule has 2 aromatic rings. The molecule has 0 N–H and O–H groups in total. The van der Waals surface area contributed by atoms with Gasteiger partial charge in [-0.25, -0.2) is 0 Å². The summed E-state index contributed by atoms with van der Waals surface area (Å²) < 4.78 is 5.32. The van der Waals surface area contributed by atoms with E-state index in [9.17, 15) is 9.59 Å². The maximum absolute atomic E-state index is 12.5. The fourth-order valence-electron chi connectivity index (χ4n) is 3.52. The molecule has 0 unspecified atom stereocenters. The number of carbonyl (C=O) groups excluding carboxylic acids is 2. The highest BCUT2D eigenvalue weighted by atomic mass is 35.5. The van der Waals surface area contributed by atoms with Gasteiger partial charge in [-0.15, -0.1) is 0 Å². The van der Waals surface area contributed by atoms with Crippen molar-refractivity contribution in [2.45, 2.75) is 38.6 Å². The number of hydrogen-bond acceptors (Lipinski definition) is 3. The summed E-state index contributed by atoms with van der Waals surface area (Å²) in [5, 5.41) is 0.596. The molecular formula is C22H24ClNO3. The highest BCUT2D eigenvalue weighted by molar-refractivity contribution is 6.30. The summed E-state index contributed by atoms with van der Waals surface area (Å²) in [4.78, 5) is 26.5. The summed E-state index contributed by atoms with van der Waals surface area (Å²) in [5.41, 5.74) is 4.17. The maximum atomic E-state index is 12.5. The van der Waals surface area contributed by atoms with Crippen LogP contribution < -0.4 is 4.74 Å². The number of ether oxygens (including phenoxy) is 1. The fraction of sp³-hybridized carbons (Fsp3) is 0.364. The van der Waals surface area contributed by atoms with Crippen LogP contribution in [-0.4, -0.2) is 30.7 Å². The number of methoxy groups -OCH3 is 1. The van der Waals surface area contributed by atoms with E-state index < -0.39 is 0 Å². The van der Waals surface area contributed by atoms with Gasteiger partial charge in [0.25, 0.3) is 0 Å². The van der Waals surface area contributed by atoms with Crippen molar-refractivity contribution in [3.8, 4) is 5.75 Å². The molecule has 0 heterocycles. The molecule has 0 fully saturated rings. The average molecular weight is 386 g/mol. The van der Waals surface area contributed by atoms with Gasteiger partial charge in [0, 0.05) is 42.6 Å². The van der Waals surface area contributed by atoms with E-state index in [0.717, 1.165) is 24.8 Å². The first-order chi connectivity index (χ1) is 13.0. The second kappa shape index (κ2) is 8.57. The fourth-order valence-corrected chi connectivity index (χ4v) is 3.71. The Morgan fingerprint density at radius 1 is 1.07 bits per heavy atom. The second-order valence-corrected chi connectivity index (χ2v) is 7.40. The first-order valence-corrected chi connectivity index (χ1v) is 9.57. The van der Waals surface area contributed by atoms with Crippen molar-refractivity contribution in [3.63, 3.8) is 0 Å². The van der Waals surface area contributed by atoms with Gasteiger partial charge in [0.05, 0.1) is 7.11 Å². The van der Waals surface area contributed by atoms with Crippen LogP contribution in [0.5, 0.6) is 5.75 Å². The number of ketones is 1. The van der Waals surface area contributed by atoms with E-state index in [1.54, 1.807) is 37.3 Å². The Labute approximate surface area is 165 Å². The van der Waals surface area contributed by atoms with Crippen LogP contribution in [0, 0.1) is 0 Å². The lowest BCUT2D eigenvalue weighted by Crippen LogP contribution is -2.26. The highest BCUT2D eigenvalue weighted by Gasteiger charge is 2.17. The van der Waals surface area contributed by atoms with Gasteiger partial charge in [0.1, 0.15) is 5.75 Å². The van der Waals surface area contributed by atoms with E-state index in [-0.39, 0.29) is 24.5 Å². The quantitative estimate of drug-likeness (QED) is 0.661. The van der Waals surface area contributed by atoms with Crippen molar-refractivity contribution in [3.05, 3.63) is 63.7 Å². The maximum Gasteiger partial charge on any atom is 0.223 e. The summed E-state index contributed by atoms with van der Waals surface area (Å²) >= 11 is 6.04. The Hall–Kier alpha value is -2.33. The van der Waals surface area contributed by atoms with Crippen LogP contribution in [0.3, 0.4) is 0 Å². The number of benzene rings is 2. The first-order valence-electron chi connectivity index (χ1n) is 9.19. The molecule has 2 aromatic carbocycles. The minimum atomic E-state index is -0.0773. The molecule has 1 aliphatic rings. The second-order valence-electron chi connectivity index (χ2n) is 6.97. The van der Waals surface area contributed by atoms with Crippen molar-refractivity contribution in [2.75, 3.05) is 14.2 Å².